The minimum Gasteiger partial charge on any atom is -0.309 e. The largest absolute Gasteiger partial charge is 0.309 e. The number of rotatable bonds is 5. The van der Waals surface area contributed by atoms with E-state index in [1.165, 1.54) is 5.56 Å². The highest BCUT2D eigenvalue weighted by atomic mass is 32.1. The molecule has 124 valence electrons. The first-order valence-corrected chi connectivity index (χ1v) is 9.10. The van der Waals surface area contributed by atoms with Crippen molar-refractivity contribution >= 4 is 11.3 Å². The van der Waals surface area contributed by atoms with Crippen LogP contribution in [0.1, 0.15) is 30.0 Å². The number of aromatic nitrogens is 2. The third-order valence-electron chi connectivity index (χ3n) is 3.90. The normalized spacial score (nSPS) is 11.2. The summed E-state index contributed by atoms with van der Waals surface area (Å²) < 4.78 is 1.70. The van der Waals surface area contributed by atoms with Crippen molar-refractivity contribution in [2.45, 2.75) is 33.7 Å². The molecule has 0 unspecified atom stereocenters. The lowest BCUT2D eigenvalue weighted by atomic mass is 10.0. The quantitative estimate of drug-likeness (QED) is 0.685. The van der Waals surface area contributed by atoms with Crippen LogP contribution in [0.2, 0.25) is 0 Å². The second-order valence-corrected chi connectivity index (χ2v) is 7.53. The molecular formula is C20H22N2OS. The number of thiazole rings is 1. The van der Waals surface area contributed by atoms with Crippen LogP contribution in [0.25, 0.3) is 11.3 Å². The molecule has 3 nitrogen and oxygen atoms in total. The Hall–Kier alpha value is -2.20. The molecule has 4 heteroatoms. The zero-order valence-corrected chi connectivity index (χ0v) is 15.1. The average Bonchev–Trinajstić information content (AvgIpc) is 2.99. The van der Waals surface area contributed by atoms with Crippen LogP contribution in [0.4, 0.5) is 0 Å². The van der Waals surface area contributed by atoms with E-state index < -0.39 is 0 Å². The summed E-state index contributed by atoms with van der Waals surface area (Å²) in [5.41, 5.74) is 4.46. The topological polar surface area (TPSA) is 34.9 Å². The van der Waals surface area contributed by atoms with E-state index in [0.29, 0.717) is 12.5 Å². The van der Waals surface area contributed by atoms with Crippen LogP contribution in [0.5, 0.6) is 0 Å². The molecule has 0 saturated heterocycles. The van der Waals surface area contributed by atoms with Crippen LogP contribution in [-0.4, -0.2) is 9.55 Å². The van der Waals surface area contributed by atoms with Gasteiger partial charge in [0.2, 0.25) is 0 Å². The van der Waals surface area contributed by atoms with E-state index in [-0.39, 0.29) is 5.56 Å². The second kappa shape index (κ2) is 7.14. The van der Waals surface area contributed by atoms with Gasteiger partial charge in [-0.05, 0) is 36.5 Å². The molecule has 24 heavy (non-hydrogen) atoms. The Bertz CT molecular complexity index is 875. The predicted molar refractivity (Wildman–Crippen MR) is 101 cm³/mol. The molecule has 3 rings (SSSR count). The predicted octanol–water partition coefficient (Wildman–Crippen LogP) is 4.53. The van der Waals surface area contributed by atoms with E-state index in [1.54, 1.807) is 22.0 Å². The van der Waals surface area contributed by atoms with Crippen LogP contribution in [0.3, 0.4) is 0 Å². The summed E-state index contributed by atoms with van der Waals surface area (Å²) >= 11 is 1.60. The first-order valence-electron chi connectivity index (χ1n) is 8.22. The number of aryl methyl sites for hydroxylation is 1. The Kier molecular flexibility index (Phi) is 4.95. The van der Waals surface area contributed by atoms with Crippen LogP contribution in [0, 0.1) is 12.8 Å². The lowest BCUT2D eigenvalue weighted by Gasteiger charge is -2.05. The summed E-state index contributed by atoms with van der Waals surface area (Å²) in [4.78, 5) is 16.7. The van der Waals surface area contributed by atoms with Gasteiger partial charge in [0, 0.05) is 23.2 Å². The molecule has 0 bridgehead atoms. The smallest absolute Gasteiger partial charge is 0.251 e. The first kappa shape index (κ1) is 16.7. The van der Waals surface area contributed by atoms with Gasteiger partial charge in [0.25, 0.3) is 5.56 Å². The number of pyridine rings is 1. The Morgan fingerprint density at radius 2 is 1.92 bits per heavy atom. The van der Waals surface area contributed by atoms with Crippen LogP contribution < -0.4 is 5.56 Å². The van der Waals surface area contributed by atoms with Crippen molar-refractivity contribution in [3.8, 4) is 11.3 Å². The Balaban J connectivity index is 1.76. The highest BCUT2D eigenvalue weighted by Gasteiger charge is 2.07. The molecule has 1 aromatic carbocycles. The van der Waals surface area contributed by atoms with Crippen molar-refractivity contribution in [1.82, 2.24) is 9.55 Å². The van der Waals surface area contributed by atoms with Crippen molar-refractivity contribution in [3.05, 3.63) is 74.5 Å². The van der Waals surface area contributed by atoms with Gasteiger partial charge < -0.3 is 4.57 Å². The van der Waals surface area contributed by atoms with Crippen molar-refractivity contribution in [1.29, 1.82) is 0 Å². The maximum atomic E-state index is 12.0. The first-order chi connectivity index (χ1) is 11.5. The minimum absolute atomic E-state index is 0.0183. The Labute approximate surface area is 146 Å². The summed E-state index contributed by atoms with van der Waals surface area (Å²) in [6.45, 7) is 6.91. The van der Waals surface area contributed by atoms with Crippen molar-refractivity contribution in [2.24, 2.45) is 5.92 Å². The summed E-state index contributed by atoms with van der Waals surface area (Å²) in [5, 5.41) is 3.01. The van der Waals surface area contributed by atoms with Gasteiger partial charge in [0.15, 0.2) is 0 Å². The number of benzene rings is 1. The molecule has 3 aromatic rings. The lowest BCUT2D eigenvalue weighted by molar-refractivity contribution is 0.647. The Morgan fingerprint density at radius 1 is 1.17 bits per heavy atom. The maximum Gasteiger partial charge on any atom is 0.251 e. The van der Waals surface area contributed by atoms with Crippen LogP contribution in [-0.2, 0) is 13.0 Å². The highest BCUT2D eigenvalue weighted by Crippen LogP contribution is 2.23. The highest BCUT2D eigenvalue weighted by molar-refractivity contribution is 7.09. The van der Waals surface area contributed by atoms with E-state index in [1.807, 2.05) is 19.2 Å². The van der Waals surface area contributed by atoms with Gasteiger partial charge in [-0.15, -0.1) is 11.3 Å². The maximum absolute atomic E-state index is 12.0. The number of nitrogens with zero attached hydrogens (tertiary/aromatic N) is 2. The summed E-state index contributed by atoms with van der Waals surface area (Å²) in [5.74, 6) is 0.662. The Morgan fingerprint density at radius 3 is 2.58 bits per heavy atom. The van der Waals surface area contributed by atoms with E-state index in [4.69, 9.17) is 0 Å². The van der Waals surface area contributed by atoms with E-state index in [2.05, 4.69) is 48.5 Å². The fourth-order valence-electron chi connectivity index (χ4n) is 2.68. The molecule has 0 aliphatic rings. The van der Waals surface area contributed by atoms with Gasteiger partial charge in [0.05, 0.1) is 12.2 Å². The molecule has 0 amide bonds. The zero-order valence-electron chi connectivity index (χ0n) is 14.3. The van der Waals surface area contributed by atoms with E-state index in [9.17, 15) is 4.79 Å². The average molecular weight is 338 g/mol. The lowest BCUT2D eigenvalue weighted by Crippen LogP contribution is -2.19. The summed E-state index contributed by atoms with van der Waals surface area (Å²) in [6.07, 6.45) is 2.93. The summed E-state index contributed by atoms with van der Waals surface area (Å²) in [7, 11) is 0. The van der Waals surface area contributed by atoms with Crippen molar-refractivity contribution in [2.75, 3.05) is 0 Å². The third kappa shape index (κ3) is 4.01. The number of hydrogen-bond acceptors (Lipinski definition) is 3. The summed E-state index contributed by atoms with van der Waals surface area (Å²) in [6, 6.07) is 12.2. The molecule has 2 aromatic heterocycles. The van der Waals surface area contributed by atoms with Gasteiger partial charge >= 0.3 is 0 Å². The van der Waals surface area contributed by atoms with Gasteiger partial charge in [0.1, 0.15) is 5.01 Å². The van der Waals surface area contributed by atoms with Crippen molar-refractivity contribution < 1.29 is 0 Å². The molecule has 0 aliphatic carbocycles. The zero-order chi connectivity index (χ0) is 17.1. The van der Waals surface area contributed by atoms with Crippen molar-refractivity contribution in [3.63, 3.8) is 0 Å². The van der Waals surface area contributed by atoms with Gasteiger partial charge in [-0.3, -0.25) is 4.79 Å². The fraction of sp³-hybridized carbons (Fsp3) is 0.300. The van der Waals surface area contributed by atoms with Crippen LogP contribution >= 0.6 is 11.3 Å². The standard InChI is InChI=1S/C20H22N2OS/c1-14(2)10-16-4-6-17(7-5-16)18-13-24-19(21-18)12-22-9-8-15(3)11-20(22)23/h4-9,11,13-14H,10,12H2,1-3H3. The van der Waals surface area contributed by atoms with Gasteiger partial charge in [-0.25, -0.2) is 4.98 Å². The SMILES string of the molecule is Cc1ccn(Cc2nc(-c3ccc(CC(C)C)cc3)cs2)c(=O)c1. The van der Waals surface area contributed by atoms with E-state index in [0.717, 1.165) is 28.2 Å². The monoisotopic (exact) mass is 338 g/mol. The van der Waals surface area contributed by atoms with Gasteiger partial charge in [-0.2, -0.15) is 0 Å². The van der Waals surface area contributed by atoms with Gasteiger partial charge in [-0.1, -0.05) is 38.1 Å². The van der Waals surface area contributed by atoms with E-state index >= 15 is 0 Å². The molecule has 0 fully saturated rings. The number of hydrogen-bond donors (Lipinski definition) is 0. The molecule has 0 radical (unpaired) electrons. The molecule has 0 atom stereocenters. The van der Waals surface area contributed by atoms with Crippen LogP contribution in [0.15, 0.2) is 52.8 Å². The molecule has 0 spiro atoms. The molecular weight excluding hydrogens is 316 g/mol. The molecule has 2 heterocycles. The second-order valence-electron chi connectivity index (χ2n) is 6.59. The molecule has 0 saturated carbocycles. The fourth-order valence-corrected chi connectivity index (χ4v) is 3.48. The molecule has 0 aliphatic heterocycles. The third-order valence-corrected chi connectivity index (χ3v) is 4.74. The molecule has 0 N–H and O–H groups in total. The minimum atomic E-state index is 0.0183.